The highest BCUT2D eigenvalue weighted by Gasteiger charge is 2.62. The zero-order valence-corrected chi connectivity index (χ0v) is 15.9. The fourth-order valence-electron chi connectivity index (χ4n) is 2.95. The SMILES string of the molecule is CCOC(=O)CC(C(=O)OCC)(C(=O)OCC)N1C(=O)c2ccccc2C1=O. The van der Waals surface area contributed by atoms with Crippen molar-refractivity contribution in [3.8, 4) is 0 Å². The molecule has 0 aromatic heterocycles. The number of hydrogen-bond donors (Lipinski definition) is 0. The quantitative estimate of drug-likeness (QED) is 0.280. The Morgan fingerprint density at radius 3 is 1.64 bits per heavy atom. The summed E-state index contributed by atoms with van der Waals surface area (Å²) in [6.45, 7) is 4.19. The van der Waals surface area contributed by atoms with Crippen LogP contribution in [0.2, 0.25) is 0 Å². The van der Waals surface area contributed by atoms with E-state index in [9.17, 15) is 24.0 Å². The first-order valence-electron chi connectivity index (χ1n) is 8.83. The molecule has 2 rings (SSSR count). The monoisotopic (exact) mass is 391 g/mol. The van der Waals surface area contributed by atoms with E-state index in [-0.39, 0.29) is 30.9 Å². The molecule has 28 heavy (non-hydrogen) atoms. The Morgan fingerprint density at radius 1 is 0.821 bits per heavy atom. The minimum absolute atomic E-state index is 0.00864. The molecule has 0 bridgehead atoms. The summed E-state index contributed by atoms with van der Waals surface area (Å²) in [4.78, 5) is 64.3. The molecule has 0 unspecified atom stereocenters. The predicted octanol–water partition coefficient (Wildman–Crippen LogP) is 1.10. The van der Waals surface area contributed by atoms with Crippen LogP contribution in [0.4, 0.5) is 0 Å². The number of ether oxygens (including phenoxy) is 3. The second-order valence-corrected chi connectivity index (χ2v) is 5.77. The molecule has 0 saturated carbocycles. The zero-order chi connectivity index (χ0) is 20.9. The summed E-state index contributed by atoms with van der Waals surface area (Å²) >= 11 is 0. The number of carbonyl (C=O) groups is 5. The van der Waals surface area contributed by atoms with Gasteiger partial charge in [-0.25, -0.2) is 14.5 Å². The first kappa shape index (κ1) is 21.1. The Balaban J connectivity index is 2.66. The van der Waals surface area contributed by atoms with Crippen LogP contribution in [-0.4, -0.2) is 60.0 Å². The van der Waals surface area contributed by atoms with E-state index in [0.717, 1.165) is 0 Å². The van der Waals surface area contributed by atoms with E-state index in [4.69, 9.17) is 14.2 Å². The number of benzene rings is 1. The van der Waals surface area contributed by atoms with Crippen LogP contribution in [0.1, 0.15) is 47.9 Å². The molecule has 0 aliphatic carbocycles. The Labute approximate surface area is 161 Å². The number of rotatable bonds is 8. The molecular weight excluding hydrogens is 370 g/mol. The van der Waals surface area contributed by atoms with Gasteiger partial charge in [0.05, 0.1) is 37.4 Å². The molecule has 9 nitrogen and oxygen atoms in total. The highest BCUT2D eigenvalue weighted by Crippen LogP contribution is 2.34. The van der Waals surface area contributed by atoms with Gasteiger partial charge in [-0.05, 0) is 32.9 Å². The molecule has 0 radical (unpaired) electrons. The lowest BCUT2D eigenvalue weighted by molar-refractivity contribution is -0.175. The van der Waals surface area contributed by atoms with Gasteiger partial charge >= 0.3 is 17.9 Å². The molecule has 9 heteroatoms. The maximum absolute atomic E-state index is 12.9. The van der Waals surface area contributed by atoms with Crippen LogP contribution in [0, 0.1) is 0 Å². The summed E-state index contributed by atoms with van der Waals surface area (Å²) in [5.41, 5.74) is -2.60. The lowest BCUT2D eigenvalue weighted by Gasteiger charge is -2.34. The van der Waals surface area contributed by atoms with E-state index < -0.39 is 41.7 Å². The standard InChI is InChI=1S/C19H21NO8/c1-4-26-14(21)11-19(17(24)27-5-2,18(25)28-6-3)20-15(22)12-9-7-8-10-13(12)16(20)23/h7-10H,4-6,11H2,1-3H3. The second kappa shape index (κ2) is 8.64. The molecule has 150 valence electrons. The van der Waals surface area contributed by atoms with Crippen molar-refractivity contribution in [2.24, 2.45) is 0 Å². The minimum Gasteiger partial charge on any atom is -0.466 e. The molecule has 0 atom stereocenters. The molecule has 1 aromatic carbocycles. The molecule has 0 fully saturated rings. The van der Waals surface area contributed by atoms with Gasteiger partial charge in [-0.3, -0.25) is 14.4 Å². The smallest absolute Gasteiger partial charge is 0.345 e. The van der Waals surface area contributed by atoms with Crippen molar-refractivity contribution in [1.29, 1.82) is 0 Å². The van der Waals surface area contributed by atoms with Crippen molar-refractivity contribution in [3.63, 3.8) is 0 Å². The average Bonchev–Trinajstić information content (AvgIpc) is 2.92. The maximum atomic E-state index is 12.9. The fraction of sp³-hybridized carbons (Fsp3) is 0.421. The third-order valence-electron chi connectivity index (χ3n) is 4.11. The topological polar surface area (TPSA) is 116 Å². The Bertz CT molecular complexity index is 763. The molecule has 1 aliphatic rings. The van der Waals surface area contributed by atoms with Gasteiger partial charge in [-0.1, -0.05) is 12.1 Å². The third-order valence-corrected chi connectivity index (χ3v) is 4.11. The lowest BCUT2D eigenvalue weighted by Crippen LogP contribution is -2.64. The zero-order valence-electron chi connectivity index (χ0n) is 15.9. The van der Waals surface area contributed by atoms with Crippen LogP contribution >= 0.6 is 0 Å². The number of imide groups is 1. The average molecular weight is 391 g/mol. The summed E-state index contributed by atoms with van der Waals surface area (Å²) in [5, 5.41) is 0. The van der Waals surface area contributed by atoms with Gasteiger partial charge in [-0.2, -0.15) is 0 Å². The van der Waals surface area contributed by atoms with Crippen molar-refractivity contribution in [2.45, 2.75) is 32.7 Å². The number of esters is 3. The van der Waals surface area contributed by atoms with Gasteiger partial charge in [0.2, 0.25) is 0 Å². The van der Waals surface area contributed by atoms with Crippen LogP contribution in [0.5, 0.6) is 0 Å². The normalized spacial score (nSPS) is 13.2. The molecule has 1 aromatic rings. The molecule has 0 spiro atoms. The van der Waals surface area contributed by atoms with E-state index in [0.29, 0.717) is 4.90 Å². The fourth-order valence-corrected chi connectivity index (χ4v) is 2.95. The van der Waals surface area contributed by atoms with Gasteiger partial charge in [-0.15, -0.1) is 0 Å². The summed E-state index contributed by atoms with van der Waals surface area (Å²) in [6.07, 6.45) is -0.913. The first-order chi connectivity index (χ1) is 13.3. The third kappa shape index (κ3) is 3.47. The van der Waals surface area contributed by atoms with E-state index in [1.165, 1.54) is 45.0 Å². The maximum Gasteiger partial charge on any atom is 0.345 e. The Morgan fingerprint density at radius 2 is 1.25 bits per heavy atom. The van der Waals surface area contributed by atoms with E-state index in [2.05, 4.69) is 0 Å². The highest BCUT2D eigenvalue weighted by atomic mass is 16.6. The van der Waals surface area contributed by atoms with Crippen LogP contribution in [0.3, 0.4) is 0 Å². The predicted molar refractivity (Wildman–Crippen MR) is 94.2 cm³/mol. The molecule has 2 amide bonds. The van der Waals surface area contributed by atoms with Crippen LogP contribution in [0.25, 0.3) is 0 Å². The molecule has 0 N–H and O–H groups in total. The molecular formula is C19H21NO8. The largest absolute Gasteiger partial charge is 0.466 e. The number of nitrogens with zero attached hydrogens (tertiary/aromatic N) is 1. The molecule has 1 heterocycles. The summed E-state index contributed by atoms with van der Waals surface area (Å²) in [5.74, 6) is -5.23. The summed E-state index contributed by atoms with van der Waals surface area (Å²) in [7, 11) is 0. The first-order valence-corrected chi connectivity index (χ1v) is 8.83. The summed E-state index contributed by atoms with van der Waals surface area (Å²) in [6, 6.07) is 5.85. The van der Waals surface area contributed by atoms with Crippen LogP contribution in [-0.2, 0) is 28.6 Å². The minimum atomic E-state index is -2.62. The van der Waals surface area contributed by atoms with E-state index in [1.807, 2.05) is 0 Å². The van der Waals surface area contributed by atoms with Gasteiger partial charge in [0.15, 0.2) is 0 Å². The van der Waals surface area contributed by atoms with Crippen LogP contribution < -0.4 is 0 Å². The van der Waals surface area contributed by atoms with Crippen molar-refractivity contribution in [1.82, 2.24) is 4.90 Å². The van der Waals surface area contributed by atoms with Crippen LogP contribution in [0.15, 0.2) is 24.3 Å². The van der Waals surface area contributed by atoms with Gasteiger partial charge in [0.1, 0.15) is 0 Å². The highest BCUT2D eigenvalue weighted by molar-refractivity contribution is 6.27. The molecule has 1 aliphatic heterocycles. The van der Waals surface area contributed by atoms with Gasteiger partial charge < -0.3 is 14.2 Å². The van der Waals surface area contributed by atoms with E-state index in [1.54, 1.807) is 0 Å². The van der Waals surface area contributed by atoms with Crippen molar-refractivity contribution >= 4 is 29.7 Å². The van der Waals surface area contributed by atoms with Gasteiger partial charge in [0, 0.05) is 0 Å². The van der Waals surface area contributed by atoms with E-state index >= 15 is 0 Å². The number of hydrogen-bond acceptors (Lipinski definition) is 8. The van der Waals surface area contributed by atoms with Crippen molar-refractivity contribution < 1.29 is 38.2 Å². The Kier molecular flexibility index (Phi) is 6.50. The van der Waals surface area contributed by atoms with Gasteiger partial charge in [0.25, 0.3) is 17.4 Å². The summed E-state index contributed by atoms with van der Waals surface area (Å²) < 4.78 is 14.8. The number of amides is 2. The second-order valence-electron chi connectivity index (χ2n) is 5.77. The number of carbonyl (C=O) groups excluding carboxylic acids is 5. The molecule has 0 saturated heterocycles. The number of fused-ring (bicyclic) bond motifs is 1. The Hall–Kier alpha value is -3.23. The van der Waals surface area contributed by atoms with Crippen molar-refractivity contribution in [3.05, 3.63) is 35.4 Å². The van der Waals surface area contributed by atoms with Crippen molar-refractivity contribution in [2.75, 3.05) is 19.8 Å². The lowest BCUT2D eigenvalue weighted by atomic mass is 9.92.